The summed E-state index contributed by atoms with van der Waals surface area (Å²) in [5, 5.41) is 0. The molecule has 0 aliphatic heterocycles. The van der Waals surface area contributed by atoms with Crippen LogP contribution in [0.2, 0.25) is 0 Å². The molecule has 2 heterocycles. The van der Waals surface area contributed by atoms with E-state index in [0.29, 0.717) is 4.90 Å². The van der Waals surface area contributed by atoms with Gasteiger partial charge in [-0.1, -0.05) is 39.0 Å². The second-order valence-electron chi connectivity index (χ2n) is 6.05. The fraction of sp³-hybridized carbons (Fsp3) is 0.556. The Hall–Kier alpha value is -0.650. The smallest absolute Gasteiger partial charge is 0.179 e. The first-order valence-electron chi connectivity index (χ1n) is 8.34. The minimum atomic E-state index is -3.18. The summed E-state index contributed by atoms with van der Waals surface area (Å²) in [6, 6.07) is 5.94. The Morgan fingerprint density at radius 3 is 2.26 bits per heavy atom. The zero-order chi connectivity index (χ0) is 16.9. The molecule has 0 N–H and O–H groups in total. The zero-order valence-corrected chi connectivity index (χ0v) is 16.7. The summed E-state index contributed by atoms with van der Waals surface area (Å²) in [6.45, 7) is 6.23. The molecular weight excluding hydrogens is 344 g/mol. The fourth-order valence-electron chi connectivity index (χ4n) is 2.63. The van der Waals surface area contributed by atoms with E-state index in [1.54, 1.807) is 22.7 Å². The minimum absolute atomic E-state index is 0.270. The van der Waals surface area contributed by atoms with Crippen molar-refractivity contribution in [3.8, 4) is 9.75 Å². The molecule has 0 spiro atoms. The molecule has 0 saturated heterocycles. The average molecular weight is 371 g/mol. The fourth-order valence-corrected chi connectivity index (χ4v) is 6.73. The van der Waals surface area contributed by atoms with Crippen molar-refractivity contribution in [3.63, 3.8) is 0 Å². The van der Waals surface area contributed by atoms with Crippen LogP contribution in [0, 0.1) is 13.8 Å². The largest absolute Gasteiger partial charge is 0.224 e. The molecule has 0 radical (unpaired) electrons. The molecule has 0 fully saturated rings. The Balaban J connectivity index is 2.08. The van der Waals surface area contributed by atoms with Crippen molar-refractivity contribution in [2.45, 2.75) is 64.2 Å². The number of aryl methyl sites for hydroxylation is 2. The van der Waals surface area contributed by atoms with Crippen molar-refractivity contribution < 1.29 is 8.42 Å². The predicted octanol–water partition coefficient (Wildman–Crippen LogP) is 6.23. The van der Waals surface area contributed by atoms with Crippen LogP contribution in [-0.4, -0.2) is 14.2 Å². The molecule has 23 heavy (non-hydrogen) atoms. The summed E-state index contributed by atoms with van der Waals surface area (Å²) in [7, 11) is -3.18. The zero-order valence-electron chi connectivity index (χ0n) is 14.2. The van der Waals surface area contributed by atoms with Gasteiger partial charge in [0.1, 0.15) is 0 Å². The lowest BCUT2D eigenvalue weighted by atomic mass is 10.1. The summed E-state index contributed by atoms with van der Waals surface area (Å²) in [5.41, 5.74) is 0. The topological polar surface area (TPSA) is 34.1 Å². The molecule has 2 rings (SSSR count). The van der Waals surface area contributed by atoms with Crippen LogP contribution >= 0.6 is 22.7 Å². The number of unbranched alkanes of at least 4 members (excludes halogenated alkanes) is 5. The van der Waals surface area contributed by atoms with Crippen LogP contribution in [0.25, 0.3) is 9.75 Å². The molecule has 5 heteroatoms. The number of rotatable bonds is 9. The van der Waals surface area contributed by atoms with Crippen LogP contribution in [0.4, 0.5) is 0 Å². The van der Waals surface area contributed by atoms with Crippen LogP contribution in [0.3, 0.4) is 0 Å². The van der Waals surface area contributed by atoms with Crippen LogP contribution < -0.4 is 0 Å². The van der Waals surface area contributed by atoms with Gasteiger partial charge in [0, 0.05) is 14.6 Å². The van der Waals surface area contributed by atoms with Gasteiger partial charge in [-0.15, -0.1) is 22.7 Å². The number of hydrogen-bond donors (Lipinski definition) is 0. The summed E-state index contributed by atoms with van der Waals surface area (Å²) in [5.74, 6) is 0.270. The molecule has 2 aromatic heterocycles. The van der Waals surface area contributed by atoms with Crippen LogP contribution in [-0.2, 0) is 9.84 Å². The summed E-state index contributed by atoms with van der Waals surface area (Å²) < 4.78 is 25.5. The van der Waals surface area contributed by atoms with Gasteiger partial charge in [0.15, 0.2) is 9.84 Å². The molecular formula is C18H26O2S3. The van der Waals surface area contributed by atoms with Gasteiger partial charge in [0.05, 0.1) is 15.5 Å². The van der Waals surface area contributed by atoms with Crippen molar-refractivity contribution in [1.29, 1.82) is 0 Å². The van der Waals surface area contributed by atoms with E-state index in [4.69, 9.17) is 0 Å². The normalized spacial score (nSPS) is 12.0. The quantitative estimate of drug-likeness (QED) is 0.490. The van der Waals surface area contributed by atoms with Crippen LogP contribution in [0.1, 0.15) is 55.2 Å². The Morgan fingerprint density at radius 2 is 1.61 bits per heavy atom. The molecule has 0 unspecified atom stereocenters. The molecule has 0 aromatic carbocycles. The molecule has 0 bridgehead atoms. The van der Waals surface area contributed by atoms with Gasteiger partial charge in [-0.05, 0) is 38.5 Å². The Bertz CT molecular complexity index is 723. The van der Waals surface area contributed by atoms with E-state index in [2.05, 4.69) is 19.9 Å². The van der Waals surface area contributed by atoms with Crippen molar-refractivity contribution in [2.24, 2.45) is 0 Å². The van der Waals surface area contributed by atoms with Crippen molar-refractivity contribution in [3.05, 3.63) is 28.0 Å². The molecule has 0 aliphatic carbocycles. The van der Waals surface area contributed by atoms with Crippen molar-refractivity contribution >= 4 is 32.5 Å². The second-order valence-corrected chi connectivity index (χ2v) is 10.7. The van der Waals surface area contributed by atoms with Gasteiger partial charge >= 0.3 is 0 Å². The van der Waals surface area contributed by atoms with Crippen LogP contribution in [0.15, 0.2) is 23.1 Å². The molecule has 0 atom stereocenters. The third-order valence-corrected chi connectivity index (χ3v) is 8.07. The summed E-state index contributed by atoms with van der Waals surface area (Å²) >= 11 is 3.26. The predicted molar refractivity (Wildman–Crippen MR) is 103 cm³/mol. The maximum absolute atomic E-state index is 12.7. The van der Waals surface area contributed by atoms with Gasteiger partial charge in [-0.3, -0.25) is 0 Å². The van der Waals surface area contributed by atoms with E-state index < -0.39 is 9.84 Å². The average Bonchev–Trinajstić information content (AvgIpc) is 3.09. The van der Waals surface area contributed by atoms with E-state index in [1.165, 1.54) is 24.1 Å². The lowest BCUT2D eigenvalue weighted by Crippen LogP contribution is -2.06. The van der Waals surface area contributed by atoms with Gasteiger partial charge in [0.2, 0.25) is 0 Å². The van der Waals surface area contributed by atoms with E-state index in [1.807, 2.05) is 19.1 Å². The van der Waals surface area contributed by atoms with Gasteiger partial charge in [-0.2, -0.15) is 0 Å². The third-order valence-electron chi connectivity index (χ3n) is 3.89. The number of hydrogen-bond acceptors (Lipinski definition) is 4. The Morgan fingerprint density at radius 1 is 0.913 bits per heavy atom. The maximum Gasteiger partial charge on any atom is 0.179 e. The van der Waals surface area contributed by atoms with Gasteiger partial charge in [-0.25, -0.2) is 8.42 Å². The number of sulfone groups is 1. The highest BCUT2D eigenvalue weighted by Crippen LogP contribution is 2.39. The van der Waals surface area contributed by atoms with E-state index >= 15 is 0 Å². The lowest BCUT2D eigenvalue weighted by Gasteiger charge is -2.05. The SMILES string of the molecule is CCCCCCCCS(=O)(=O)c1cc(C)sc1-c1ccc(C)s1. The first kappa shape index (κ1) is 18.7. The van der Waals surface area contributed by atoms with Gasteiger partial charge in [0.25, 0.3) is 0 Å². The molecule has 0 amide bonds. The molecule has 2 nitrogen and oxygen atoms in total. The first-order chi connectivity index (χ1) is 10.9. The highest BCUT2D eigenvalue weighted by Gasteiger charge is 2.22. The summed E-state index contributed by atoms with van der Waals surface area (Å²) in [4.78, 5) is 4.81. The van der Waals surface area contributed by atoms with E-state index in [9.17, 15) is 8.42 Å². The number of thiophene rings is 2. The molecule has 0 aliphatic rings. The monoisotopic (exact) mass is 370 g/mol. The van der Waals surface area contributed by atoms with Gasteiger partial charge < -0.3 is 0 Å². The molecule has 2 aromatic rings. The third kappa shape index (κ3) is 5.16. The summed E-state index contributed by atoms with van der Waals surface area (Å²) in [6.07, 6.45) is 6.60. The Kier molecular flexibility index (Phi) is 6.86. The van der Waals surface area contributed by atoms with Crippen LogP contribution in [0.5, 0.6) is 0 Å². The maximum atomic E-state index is 12.7. The first-order valence-corrected chi connectivity index (χ1v) is 11.6. The lowest BCUT2D eigenvalue weighted by molar-refractivity contribution is 0.584. The standard InChI is InChI=1S/C18H26O2S3/c1-4-5-6-7-8-9-12-23(19,20)17-13-15(3)22-18(17)16-11-10-14(2)21-16/h10-11,13H,4-9,12H2,1-3H3. The molecule has 0 saturated carbocycles. The van der Waals surface area contributed by atoms with E-state index in [0.717, 1.165) is 33.9 Å². The molecule has 128 valence electrons. The second kappa shape index (κ2) is 8.45. The van der Waals surface area contributed by atoms with Crippen molar-refractivity contribution in [2.75, 3.05) is 5.75 Å². The highest BCUT2D eigenvalue weighted by molar-refractivity contribution is 7.91. The van der Waals surface area contributed by atoms with Crippen molar-refractivity contribution in [1.82, 2.24) is 0 Å². The van der Waals surface area contributed by atoms with E-state index in [-0.39, 0.29) is 5.75 Å². The minimum Gasteiger partial charge on any atom is -0.224 e. The highest BCUT2D eigenvalue weighted by atomic mass is 32.2. The Labute approximate surface area is 148 Å².